The summed E-state index contributed by atoms with van der Waals surface area (Å²) in [6, 6.07) is 6.70. The van der Waals surface area contributed by atoms with Gasteiger partial charge in [0, 0.05) is 45.1 Å². The fourth-order valence-corrected chi connectivity index (χ4v) is 2.99. The number of amides is 1. The van der Waals surface area contributed by atoms with Gasteiger partial charge < -0.3 is 15.1 Å². The van der Waals surface area contributed by atoms with Gasteiger partial charge in [0.05, 0.1) is 5.56 Å². The number of rotatable bonds is 6. The van der Waals surface area contributed by atoms with Crippen LogP contribution in [-0.2, 0) is 6.42 Å². The first kappa shape index (κ1) is 18.3. The molecule has 26 heavy (non-hydrogen) atoms. The summed E-state index contributed by atoms with van der Waals surface area (Å²) in [5.74, 6) is 0.201. The number of benzene rings is 1. The van der Waals surface area contributed by atoms with E-state index in [0.717, 1.165) is 32.7 Å². The van der Waals surface area contributed by atoms with Crippen molar-refractivity contribution in [3.05, 3.63) is 53.6 Å². The minimum absolute atomic E-state index is 0.0290. The Hall–Kier alpha value is -2.54. The molecule has 1 aliphatic heterocycles. The average molecular weight is 357 g/mol. The summed E-state index contributed by atoms with van der Waals surface area (Å²) in [7, 11) is 0. The monoisotopic (exact) mass is 357 g/mol. The maximum Gasteiger partial charge on any atom is 0.257 e. The molecule has 0 saturated carbocycles. The number of hydrogen-bond acceptors (Lipinski definition) is 5. The predicted octanol–water partition coefficient (Wildman–Crippen LogP) is 2.05. The molecule has 0 atom stereocenters. The summed E-state index contributed by atoms with van der Waals surface area (Å²) < 4.78 is 13.6. The predicted molar refractivity (Wildman–Crippen MR) is 98.6 cm³/mol. The molecular formula is C19H24FN5O. The van der Waals surface area contributed by atoms with Crippen molar-refractivity contribution >= 4 is 11.9 Å². The Morgan fingerprint density at radius 3 is 2.50 bits per heavy atom. The molecule has 1 aromatic heterocycles. The van der Waals surface area contributed by atoms with Crippen molar-refractivity contribution in [2.45, 2.75) is 13.3 Å². The molecule has 1 amide bonds. The molecule has 1 aliphatic rings. The molecule has 0 radical (unpaired) electrons. The second kappa shape index (κ2) is 8.71. The topological polar surface area (TPSA) is 61.4 Å². The number of hydrogen-bond donors (Lipinski definition) is 1. The van der Waals surface area contributed by atoms with Gasteiger partial charge in [0.25, 0.3) is 5.91 Å². The molecule has 138 valence electrons. The fraction of sp³-hybridized carbons (Fsp3) is 0.421. The van der Waals surface area contributed by atoms with Crippen molar-refractivity contribution in [2.75, 3.05) is 44.6 Å². The average Bonchev–Trinajstić information content (AvgIpc) is 2.69. The Kier molecular flexibility index (Phi) is 6.12. The number of piperazine rings is 1. The van der Waals surface area contributed by atoms with Crippen LogP contribution in [0.4, 0.5) is 10.3 Å². The highest BCUT2D eigenvalue weighted by Gasteiger charge is 2.21. The van der Waals surface area contributed by atoms with E-state index in [1.54, 1.807) is 24.5 Å². The van der Waals surface area contributed by atoms with Crippen LogP contribution in [0.5, 0.6) is 0 Å². The molecule has 2 heterocycles. The number of carbonyl (C=O) groups excluding carboxylic acids is 1. The smallest absolute Gasteiger partial charge is 0.257 e. The molecule has 0 bridgehead atoms. The largest absolute Gasteiger partial charge is 0.354 e. The van der Waals surface area contributed by atoms with Gasteiger partial charge in [0.15, 0.2) is 0 Å². The number of anilines is 1. The number of nitrogens with one attached hydrogen (secondary N) is 1. The minimum atomic E-state index is -0.209. The first-order valence-corrected chi connectivity index (χ1v) is 8.98. The molecule has 1 N–H and O–H groups in total. The Labute approximate surface area is 153 Å². The van der Waals surface area contributed by atoms with E-state index in [1.807, 2.05) is 11.0 Å². The maximum atomic E-state index is 13.6. The molecule has 7 heteroatoms. The zero-order valence-corrected chi connectivity index (χ0v) is 15.0. The van der Waals surface area contributed by atoms with E-state index < -0.39 is 0 Å². The van der Waals surface area contributed by atoms with Gasteiger partial charge in [-0.3, -0.25) is 4.79 Å². The quantitative estimate of drug-likeness (QED) is 0.857. The second-order valence-electron chi connectivity index (χ2n) is 6.29. The van der Waals surface area contributed by atoms with E-state index in [4.69, 9.17) is 0 Å². The van der Waals surface area contributed by atoms with Crippen LogP contribution in [0.2, 0.25) is 0 Å². The van der Waals surface area contributed by atoms with Gasteiger partial charge >= 0.3 is 0 Å². The lowest BCUT2D eigenvalue weighted by molar-refractivity contribution is 0.0642. The van der Waals surface area contributed by atoms with Crippen LogP contribution < -0.4 is 5.32 Å². The number of likely N-dealkylation sites (N-methyl/N-ethyl adjacent to an activating group) is 1. The summed E-state index contributed by atoms with van der Waals surface area (Å²) in [4.78, 5) is 25.1. The number of aromatic nitrogens is 2. The Morgan fingerprint density at radius 2 is 1.85 bits per heavy atom. The van der Waals surface area contributed by atoms with Crippen molar-refractivity contribution in [3.8, 4) is 0 Å². The van der Waals surface area contributed by atoms with Crippen LogP contribution in [0.1, 0.15) is 22.8 Å². The molecule has 3 rings (SSSR count). The highest BCUT2D eigenvalue weighted by atomic mass is 19.1. The van der Waals surface area contributed by atoms with E-state index in [9.17, 15) is 9.18 Å². The first-order chi connectivity index (χ1) is 12.7. The molecule has 1 saturated heterocycles. The lowest BCUT2D eigenvalue weighted by Crippen LogP contribution is -2.48. The van der Waals surface area contributed by atoms with Crippen molar-refractivity contribution in [3.63, 3.8) is 0 Å². The Balaban J connectivity index is 1.50. The molecule has 0 unspecified atom stereocenters. The highest BCUT2D eigenvalue weighted by molar-refractivity contribution is 5.93. The molecule has 2 aromatic rings. The van der Waals surface area contributed by atoms with Crippen molar-refractivity contribution < 1.29 is 9.18 Å². The normalized spacial score (nSPS) is 15.1. The lowest BCUT2D eigenvalue weighted by Gasteiger charge is -2.33. The Morgan fingerprint density at radius 1 is 1.15 bits per heavy atom. The zero-order chi connectivity index (χ0) is 18.4. The molecule has 0 aliphatic carbocycles. The van der Waals surface area contributed by atoms with E-state index in [-0.39, 0.29) is 11.7 Å². The van der Waals surface area contributed by atoms with Gasteiger partial charge in [0.2, 0.25) is 5.95 Å². The van der Waals surface area contributed by atoms with Crippen LogP contribution in [0.3, 0.4) is 0 Å². The van der Waals surface area contributed by atoms with Gasteiger partial charge in [-0.05, 0) is 24.6 Å². The van der Waals surface area contributed by atoms with Crippen molar-refractivity contribution in [1.82, 2.24) is 19.8 Å². The maximum absolute atomic E-state index is 13.6. The van der Waals surface area contributed by atoms with Crippen LogP contribution in [0, 0.1) is 5.82 Å². The van der Waals surface area contributed by atoms with E-state index >= 15 is 0 Å². The third-order valence-corrected chi connectivity index (χ3v) is 4.64. The third kappa shape index (κ3) is 4.54. The Bertz CT molecular complexity index is 729. The number of halogens is 1. The summed E-state index contributed by atoms with van der Waals surface area (Å²) in [5.41, 5.74) is 1.15. The summed E-state index contributed by atoms with van der Waals surface area (Å²) >= 11 is 0. The van der Waals surface area contributed by atoms with Gasteiger partial charge in [-0.2, -0.15) is 0 Å². The lowest BCUT2D eigenvalue weighted by atomic mass is 10.1. The van der Waals surface area contributed by atoms with Crippen LogP contribution in [0.25, 0.3) is 0 Å². The third-order valence-electron chi connectivity index (χ3n) is 4.64. The molecule has 0 spiro atoms. The summed E-state index contributed by atoms with van der Waals surface area (Å²) in [6.07, 6.45) is 3.64. The number of carbonyl (C=O) groups is 1. The van der Waals surface area contributed by atoms with E-state index in [1.165, 1.54) is 6.07 Å². The molecule has 1 aromatic carbocycles. The van der Waals surface area contributed by atoms with Gasteiger partial charge in [0.1, 0.15) is 5.82 Å². The van der Waals surface area contributed by atoms with Gasteiger partial charge in [-0.1, -0.05) is 25.1 Å². The molecule has 6 nitrogen and oxygen atoms in total. The number of nitrogens with zero attached hydrogens (tertiary/aromatic N) is 4. The fourth-order valence-electron chi connectivity index (χ4n) is 2.99. The minimum Gasteiger partial charge on any atom is -0.354 e. The van der Waals surface area contributed by atoms with Crippen molar-refractivity contribution in [1.29, 1.82) is 0 Å². The van der Waals surface area contributed by atoms with Gasteiger partial charge in [-0.25, -0.2) is 14.4 Å². The molecule has 1 fully saturated rings. The zero-order valence-electron chi connectivity index (χ0n) is 15.0. The van der Waals surface area contributed by atoms with Crippen LogP contribution in [-0.4, -0.2) is 64.9 Å². The first-order valence-electron chi connectivity index (χ1n) is 8.98. The van der Waals surface area contributed by atoms with E-state index in [0.29, 0.717) is 30.0 Å². The van der Waals surface area contributed by atoms with Crippen molar-refractivity contribution in [2.24, 2.45) is 0 Å². The SMILES string of the molecule is CCN1CCN(C(=O)c2cnc(NCCc3ccccc3F)nc2)CC1. The van der Waals surface area contributed by atoms with Gasteiger partial charge in [-0.15, -0.1) is 0 Å². The molecular weight excluding hydrogens is 333 g/mol. The van der Waals surface area contributed by atoms with Crippen LogP contribution in [0.15, 0.2) is 36.7 Å². The summed E-state index contributed by atoms with van der Waals surface area (Å²) in [5, 5.41) is 3.06. The second-order valence-corrected chi connectivity index (χ2v) is 6.29. The van der Waals surface area contributed by atoms with Crippen LogP contribution >= 0.6 is 0 Å². The van der Waals surface area contributed by atoms with E-state index in [2.05, 4.69) is 27.1 Å². The standard InChI is InChI=1S/C19H24FN5O/c1-2-24-9-11-25(12-10-24)18(26)16-13-22-19(23-14-16)21-8-7-15-5-3-4-6-17(15)20/h3-6,13-14H,2,7-12H2,1H3,(H,21,22,23). The highest BCUT2D eigenvalue weighted by Crippen LogP contribution is 2.10. The summed E-state index contributed by atoms with van der Waals surface area (Å²) in [6.45, 7) is 6.93.